The van der Waals surface area contributed by atoms with E-state index >= 15 is 0 Å². The zero-order chi connectivity index (χ0) is 23.3. The van der Waals surface area contributed by atoms with E-state index in [2.05, 4.69) is 30.3 Å². The summed E-state index contributed by atoms with van der Waals surface area (Å²) in [4.78, 5) is 19.1. The second-order valence-electron chi connectivity index (χ2n) is 8.40. The molecule has 1 aliphatic rings. The number of piperazine rings is 1. The van der Waals surface area contributed by atoms with Crippen LogP contribution < -0.4 is 0 Å². The van der Waals surface area contributed by atoms with Crippen molar-refractivity contribution in [3.05, 3.63) is 52.7 Å². The molecule has 7 nitrogen and oxygen atoms in total. The largest absolute Gasteiger partial charge is 0.339 e. The third-order valence-electron chi connectivity index (χ3n) is 5.48. The number of rotatable bonds is 8. The maximum Gasteiger partial charge on any atom is 0.236 e. The lowest BCUT2D eigenvalue weighted by atomic mass is 10.2. The molecule has 0 aliphatic carbocycles. The van der Waals surface area contributed by atoms with Crippen LogP contribution in [0, 0.1) is 19.8 Å². The van der Waals surface area contributed by atoms with Crippen LogP contribution >= 0.6 is 11.8 Å². The summed E-state index contributed by atoms with van der Waals surface area (Å²) < 4.78 is 28.9. The highest BCUT2D eigenvalue weighted by Gasteiger charge is 2.27. The van der Waals surface area contributed by atoms with Gasteiger partial charge in [-0.3, -0.25) is 4.79 Å². The average molecular weight is 477 g/mol. The Morgan fingerprint density at radius 3 is 2.41 bits per heavy atom. The Labute approximate surface area is 195 Å². The number of imidazole rings is 1. The van der Waals surface area contributed by atoms with Crippen molar-refractivity contribution in [2.24, 2.45) is 5.92 Å². The third-order valence-corrected chi connectivity index (χ3v) is 8.00. The monoisotopic (exact) mass is 476 g/mol. The number of carbonyl (C=O) groups is 1. The van der Waals surface area contributed by atoms with Gasteiger partial charge >= 0.3 is 0 Å². The molecule has 0 saturated carbocycles. The highest BCUT2D eigenvalue weighted by atomic mass is 32.2. The number of benzene rings is 1. The Bertz CT molecular complexity index is 1050. The first-order valence-corrected chi connectivity index (χ1v) is 13.3. The predicted octanol–water partition coefficient (Wildman–Crippen LogP) is 3.39. The first kappa shape index (κ1) is 24.5. The van der Waals surface area contributed by atoms with Gasteiger partial charge in [-0.05, 0) is 31.4 Å². The molecule has 1 amide bonds. The molecule has 0 radical (unpaired) electrons. The van der Waals surface area contributed by atoms with Crippen molar-refractivity contribution in [1.82, 2.24) is 18.8 Å². The Kier molecular flexibility index (Phi) is 8.19. The van der Waals surface area contributed by atoms with Gasteiger partial charge in [0.15, 0.2) is 5.16 Å². The summed E-state index contributed by atoms with van der Waals surface area (Å²) in [7, 11) is -3.51. The Balaban J connectivity index is 1.54. The molecule has 1 aromatic heterocycles. The number of aromatic nitrogens is 2. The van der Waals surface area contributed by atoms with E-state index in [1.807, 2.05) is 37.3 Å². The van der Waals surface area contributed by atoms with Crippen molar-refractivity contribution in [3.8, 4) is 0 Å². The van der Waals surface area contributed by atoms with Gasteiger partial charge in [0.1, 0.15) is 0 Å². The normalized spacial score (nSPS) is 15.7. The van der Waals surface area contributed by atoms with E-state index in [9.17, 15) is 13.2 Å². The molecule has 1 aliphatic heterocycles. The number of amides is 1. The van der Waals surface area contributed by atoms with Crippen LogP contribution in [-0.2, 0) is 21.4 Å². The molecule has 0 N–H and O–H groups in total. The molecule has 0 unspecified atom stereocenters. The predicted molar refractivity (Wildman–Crippen MR) is 130 cm³/mol. The van der Waals surface area contributed by atoms with Gasteiger partial charge in [-0.2, -0.15) is 4.31 Å². The highest BCUT2D eigenvalue weighted by molar-refractivity contribution is 7.99. The van der Waals surface area contributed by atoms with Crippen LogP contribution in [0.3, 0.4) is 0 Å². The summed E-state index contributed by atoms with van der Waals surface area (Å²) in [5.41, 5.74) is 2.96. The summed E-state index contributed by atoms with van der Waals surface area (Å²) >= 11 is 1.46. The Morgan fingerprint density at radius 2 is 1.78 bits per heavy atom. The van der Waals surface area contributed by atoms with E-state index < -0.39 is 10.0 Å². The molecule has 0 bridgehead atoms. The van der Waals surface area contributed by atoms with Crippen molar-refractivity contribution in [1.29, 1.82) is 0 Å². The summed E-state index contributed by atoms with van der Waals surface area (Å²) in [6.07, 6.45) is 1.60. The molecule has 1 aromatic carbocycles. The molecule has 9 heteroatoms. The van der Waals surface area contributed by atoms with Gasteiger partial charge in [-0.15, -0.1) is 0 Å². The van der Waals surface area contributed by atoms with Gasteiger partial charge in [0.25, 0.3) is 0 Å². The molecular weight excluding hydrogens is 444 g/mol. The lowest BCUT2D eigenvalue weighted by Gasteiger charge is -2.33. The second-order valence-corrected chi connectivity index (χ2v) is 11.2. The van der Waals surface area contributed by atoms with Gasteiger partial charge in [0.05, 0.1) is 11.4 Å². The molecule has 1 saturated heterocycles. The van der Waals surface area contributed by atoms with Crippen LogP contribution in [0.1, 0.15) is 30.8 Å². The lowest BCUT2D eigenvalue weighted by molar-refractivity contribution is -0.129. The fourth-order valence-electron chi connectivity index (χ4n) is 3.54. The van der Waals surface area contributed by atoms with E-state index in [1.165, 1.54) is 21.5 Å². The quantitative estimate of drug-likeness (QED) is 0.546. The number of hydrogen-bond donors (Lipinski definition) is 0. The van der Waals surface area contributed by atoms with Crippen molar-refractivity contribution >= 4 is 33.8 Å². The van der Waals surface area contributed by atoms with Gasteiger partial charge < -0.3 is 9.47 Å². The summed E-state index contributed by atoms with van der Waals surface area (Å²) in [5, 5.41) is 2.11. The van der Waals surface area contributed by atoms with Crippen LogP contribution in [0.4, 0.5) is 0 Å². The van der Waals surface area contributed by atoms with Gasteiger partial charge in [-0.25, -0.2) is 13.4 Å². The van der Waals surface area contributed by atoms with Gasteiger partial charge in [0, 0.05) is 43.8 Å². The molecule has 2 aromatic rings. The zero-order valence-corrected chi connectivity index (χ0v) is 20.8. The highest BCUT2D eigenvalue weighted by Crippen LogP contribution is 2.23. The van der Waals surface area contributed by atoms with E-state index in [4.69, 9.17) is 0 Å². The maximum absolute atomic E-state index is 12.7. The lowest BCUT2D eigenvalue weighted by Crippen LogP contribution is -2.50. The summed E-state index contributed by atoms with van der Waals surface area (Å²) in [6, 6.07) is 9.34. The van der Waals surface area contributed by atoms with E-state index in [-0.39, 0.29) is 5.91 Å². The van der Waals surface area contributed by atoms with Gasteiger partial charge in [-0.1, -0.05) is 55.9 Å². The summed E-state index contributed by atoms with van der Waals surface area (Å²) in [5.74, 6) is 0.805. The molecule has 0 spiro atoms. The maximum atomic E-state index is 12.7. The van der Waals surface area contributed by atoms with Gasteiger partial charge in [0.2, 0.25) is 15.9 Å². The van der Waals surface area contributed by atoms with Crippen molar-refractivity contribution < 1.29 is 13.2 Å². The van der Waals surface area contributed by atoms with Crippen LogP contribution in [0.25, 0.3) is 6.08 Å². The number of aryl methyl sites for hydroxylation is 1. The van der Waals surface area contributed by atoms with Crippen molar-refractivity contribution in [2.75, 3.05) is 31.9 Å². The van der Waals surface area contributed by atoms with Crippen LogP contribution in [-0.4, -0.2) is 65.0 Å². The molecule has 32 heavy (non-hydrogen) atoms. The minimum absolute atomic E-state index is 0.0151. The van der Waals surface area contributed by atoms with E-state index in [0.29, 0.717) is 37.8 Å². The average Bonchev–Trinajstić information content (AvgIpc) is 3.04. The number of carbonyl (C=O) groups excluding carboxylic acids is 1. The number of sulfonamides is 1. The second kappa shape index (κ2) is 10.7. The smallest absolute Gasteiger partial charge is 0.236 e. The minimum atomic E-state index is -3.51. The van der Waals surface area contributed by atoms with Crippen LogP contribution in [0.5, 0.6) is 0 Å². The molecule has 2 heterocycles. The molecular formula is C23H32N4O3S2. The number of hydrogen-bond acceptors (Lipinski definition) is 5. The van der Waals surface area contributed by atoms with Crippen LogP contribution in [0.2, 0.25) is 0 Å². The fourth-order valence-corrected chi connectivity index (χ4v) is 5.72. The molecule has 1 fully saturated rings. The topological polar surface area (TPSA) is 75.5 Å². The first-order chi connectivity index (χ1) is 15.2. The van der Waals surface area contributed by atoms with Crippen molar-refractivity contribution in [2.45, 2.75) is 39.4 Å². The molecule has 174 valence electrons. The Hall–Kier alpha value is -2.10. The zero-order valence-electron chi connectivity index (χ0n) is 19.2. The number of thioether (sulfide) groups is 1. The fraction of sp³-hybridized carbons (Fsp3) is 0.478. The number of nitrogens with zero attached hydrogens (tertiary/aromatic N) is 4. The standard InChI is InChI=1S/C23H32N4O3S2/c1-18(2)16-27-20(4)19(3)24-23(27)31-17-22(28)25-11-13-26(14-12-25)32(29,30)15-10-21-8-6-5-7-9-21/h5-10,15,18H,11-14,16-17H2,1-4H3/b15-10+. The van der Waals surface area contributed by atoms with E-state index in [1.54, 1.807) is 11.0 Å². The van der Waals surface area contributed by atoms with E-state index in [0.717, 1.165) is 28.7 Å². The van der Waals surface area contributed by atoms with Crippen molar-refractivity contribution in [3.63, 3.8) is 0 Å². The van der Waals surface area contributed by atoms with Crippen LogP contribution in [0.15, 0.2) is 40.9 Å². The molecule has 3 rings (SSSR count). The minimum Gasteiger partial charge on any atom is -0.339 e. The Morgan fingerprint density at radius 1 is 1.12 bits per heavy atom. The molecule has 0 atom stereocenters. The SMILES string of the molecule is Cc1nc(SCC(=O)N2CCN(S(=O)(=O)/C=C/c3ccccc3)CC2)n(CC(C)C)c1C. The summed E-state index contributed by atoms with van der Waals surface area (Å²) in [6.45, 7) is 10.7. The third kappa shape index (κ3) is 6.24. The first-order valence-electron chi connectivity index (χ1n) is 10.8.